The minimum atomic E-state index is -0.384. The number of nitrogens with one attached hydrogen (secondary N) is 1. The monoisotopic (exact) mass is 426 g/mol. The first-order valence-electron chi connectivity index (χ1n) is 10.3. The van der Waals surface area contributed by atoms with Gasteiger partial charge in [0.25, 0.3) is 0 Å². The van der Waals surface area contributed by atoms with E-state index < -0.39 is 0 Å². The van der Waals surface area contributed by atoms with Crippen LogP contribution in [0.1, 0.15) is 28.8 Å². The number of hydrogen-bond acceptors (Lipinski definition) is 5. The number of para-hydroxylation sites is 1. The fourth-order valence-electron chi connectivity index (χ4n) is 4.44. The third kappa shape index (κ3) is 2.85. The van der Waals surface area contributed by atoms with E-state index in [2.05, 4.69) is 15.4 Å². The highest BCUT2D eigenvalue weighted by atomic mass is 19.1. The molecule has 7 heteroatoms. The fourth-order valence-corrected chi connectivity index (χ4v) is 4.44. The van der Waals surface area contributed by atoms with Crippen molar-refractivity contribution >= 4 is 11.6 Å². The number of hydrogen-bond donors (Lipinski definition) is 1. The van der Waals surface area contributed by atoms with Gasteiger partial charge >= 0.3 is 0 Å². The van der Waals surface area contributed by atoms with Crippen molar-refractivity contribution in [1.82, 2.24) is 14.8 Å². The summed E-state index contributed by atoms with van der Waals surface area (Å²) in [4.78, 5) is 4.41. The Balaban J connectivity index is 1.60. The second-order valence-electron chi connectivity index (χ2n) is 7.70. The number of rotatable bonds is 3. The summed E-state index contributed by atoms with van der Waals surface area (Å²) in [5.41, 5.74) is 4.74. The number of benzene rings is 3. The molecule has 0 amide bonds. The first-order chi connectivity index (χ1) is 15.7. The predicted molar refractivity (Wildman–Crippen MR) is 118 cm³/mol. The Morgan fingerprint density at radius 2 is 1.72 bits per heavy atom. The van der Waals surface area contributed by atoms with Gasteiger partial charge in [0, 0.05) is 11.1 Å². The number of anilines is 1. The van der Waals surface area contributed by atoms with Crippen molar-refractivity contribution < 1.29 is 13.9 Å². The predicted octanol–water partition coefficient (Wildman–Crippen LogP) is 4.99. The van der Waals surface area contributed by atoms with E-state index >= 15 is 0 Å². The van der Waals surface area contributed by atoms with Crippen molar-refractivity contribution in [3.05, 3.63) is 107 Å². The normalized spacial score (nSPS) is 18.7. The number of halogens is 1. The lowest BCUT2D eigenvalue weighted by Gasteiger charge is -2.39. The van der Waals surface area contributed by atoms with Crippen molar-refractivity contribution in [3.63, 3.8) is 0 Å². The second kappa shape index (κ2) is 7.23. The standard InChI is InChI=1S/C25H19FN4O2/c1-31-18-12-8-16(9-13-18)24-21-22(19-4-2-3-5-20(19)32-24)29-25-27-14-28-30(25)23(21)15-6-10-17(26)11-7-15/h2-14,23-24H,1H3,(H,27,28,29)/t23-,24-/m0/s1. The molecule has 0 bridgehead atoms. The summed E-state index contributed by atoms with van der Waals surface area (Å²) in [5, 5.41) is 7.94. The highest BCUT2D eigenvalue weighted by molar-refractivity contribution is 5.85. The van der Waals surface area contributed by atoms with Gasteiger partial charge in [-0.15, -0.1) is 0 Å². The topological polar surface area (TPSA) is 61.2 Å². The maximum atomic E-state index is 13.7. The van der Waals surface area contributed by atoms with Crippen LogP contribution in [0.2, 0.25) is 0 Å². The zero-order chi connectivity index (χ0) is 21.7. The fraction of sp³-hybridized carbons (Fsp3) is 0.120. The molecule has 0 radical (unpaired) electrons. The molecule has 32 heavy (non-hydrogen) atoms. The molecule has 0 fully saturated rings. The molecule has 0 saturated carbocycles. The van der Waals surface area contributed by atoms with Gasteiger partial charge in [-0.3, -0.25) is 0 Å². The molecule has 4 aromatic rings. The summed E-state index contributed by atoms with van der Waals surface area (Å²) in [6.07, 6.45) is 1.14. The van der Waals surface area contributed by atoms with Crippen LogP contribution < -0.4 is 14.8 Å². The summed E-state index contributed by atoms with van der Waals surface area (Å²) in [5.74, 6) is 1.90. The number of methoxy groups -OCH3 is 1. The zero-order valence-corrected chi connectivity index (χ0v) is 17.2. The minimum absolute atomic E-state index is 0.285. The average Bonchev–Trinajstić information content (AvgIpc) is 3.31. The molecule has 6 nitrogen and oxygen atoms in total. The molecular formula is C25H19FN4O2. The highest BCUT2D eigenvalue weighted by Crippen LogP contribution is 2.50. The molecule has 2 atom stereocenters. The highest BCUT2D eigenvalue weighted by Gasteiger charge is 2.40. The van der Waals surface area contributed by atoms with Crippen LogP contribution >= 0.6 is 0 Å². The van der Waals surface area contributed by atoms with E-state index in [-0.39, 0.29) is 18.0 Å². The quantitative estimate of drug-likeness (QED) is 0.500. The molecule has 2 aliphatic heterocycles. The molecule has 0 unspecified atom stereocenters. The average molecular weight is 426 g/mol. The van der Waals surface area contributed by atoms with Gasteiger partial charge in [-0.1, -0.05) is 36.4 Å². The van der Waals surface area contributed by atoms with Crippen LogP contribution in [-0.2, 0) is 0 Å². The van der Waals surface area contributed by atoms with Gasteiger partial charge in [-0.2, -0.15) is 10.1 Å². The van der Waals surface area contributed by atoms with Gasteiger partial charge in [-0.05, 0) is 47.5 Å². The van der Waals surface area contributed by atoms with Crippen LogP contribution in [-0.4, -0.2) is 21.9 Å². The van der Waals surface area contributed by atoms with Gasteiger partial charge in [-0.25, -0.2) is 9.07 Å². The van der Waals surface area contributed by atoms with Gasteiger partial charge in [0.05, 0.1) is 12.8 Å². The smallest absolute Gasteiger partial charge is 0.226 e. The van der Waals surface area contributed by atoms with Crippen LogP contribution in [0.25, 0.3) is 5.70 Å². The van der Waals surface area contributed by atoms with Crippen molar-refractivity contribution in [3.8, 4) is 11.5 Å². The maximum absolute atomic E-state index is 13.7. The third-order valence-electron chi connectivity index (χ3n) is 5.93. The summed E-state index contributed by atoms with van der Waals surface area (Å²) >= 11 is 0. The molecule has 1 N–H and O–H groups in total. The Hall–Kier alpha value is -4.13. The van der Waals surface area contributed by atoms with Gasteiger partial charge in [0.2, 0.25) is 5.95 Å². The Morgan fingerprint density at radius 1 is 0.969 bits per heavy atom. The number of fused-ring (bicyclic) bond motifs is 3. The second-order valence-corrected chi connectivity index (χ2v) is 7.70. The van der Waals surface area contributed by atoms with E-state index in [4.69, 9.17) is 9.47 Å². The van der Waals surface area contributed by atoms with Crippen molar-refractivity contribution in [2.24, 2.45) is 0 Å². The number of nitrogens with zero attached hydrogens (tertiary/aromatic N) is 3. The first-order valence-corrected chi connectivity index (χ1v) is 10.3. The summed E-state index contributed by atoms with van der Waals surface area (Å²) < 4.78 is 27.4. The Labute approximate surface area is 183 Å². The van der Waals surface area contributed by atoms with E-state index in [9.17, 15) is 4.39 Å². The van der Waals surface area contributed by atoms with Crippen LogP contribution in [0, 0.1) is 5.82 Å². The molecular weight excluding hydrogens is 407 g/mol. The Morgan fingerprint density at radius 3 is 2.50 bits per heavy atom. The Bertz CT molecular complexity index is 1330. The lowest BCUT2D eigenvalue weighted by atomic mass is 9.84. The molecule has 0 aliphatic carbocycles. The van der Waals surface area contributed by atoms with Crippen LogP contribution in [0.4, 0.5) is 10.3 Å². The van der Waals surface area contributed by atoms with Gasteiger partial charge in [0.1, 0.15) is 35.8 Å². The minimum Gasteiger partial charge on any atom is -0.497 e. The first kappa shape index (κ1) is 18.6. The molecule has 3 aromatic carbocycles. The largest absolute Gasteiger partial charge is 0.497 e. The Kier molecular flexibility index (Phi) is 4.21. The lowest BCUT2D eigenvalue weighted by Crippen LogP contribution is -2.32. The molecule has 2 aliphatic rings. The molecule has 3 heterocycles. The van der Waals surface area contributed by atoms with Crippen LogP contribution in [0.5, 0.6) is 11.5 Å². The van der Waals surface area contributed by atoms with Crippen molar-refractivity contribution in [2.75, 3.05) is 12.4 Å². The molecule has 1 aromatic heterocycles. The molecule has 0 spiro atoms. The third-order valence-corrected chi connectivity index (χ3v) is 5.93. The van der Waals surface area contributed by atoms with E-state index in [0.717, 1.165) is 39.5 Å². The molecule has 158 valence electrons. The summed E-state index contributed by atoms with van der Waals surface area (Å²) in [6.45, 7) is 0. The van der Waals surface area contributed by atoms with Crippen LogP contribution in [0.15, 0.2) is 84.7 Å². The summed E-state index contributed by atoms with van der Waals surface area (Å²) in [6, 6.07) is 22.0. The maximum Gasteiger partial charge on any atom is 0.226 e. The van der Waals surface area contributed by atoms with Crippen LogP contribution in [0.3, 0.4) is 0 Å². The molecule has 0 saturated heterocycles. The van der Waals surface area contributed by atoms with Gasteiger partial charge < -0.3 is 14.8 Å². The van der Waals surface area contributed by atoms with Crippen molar-refractivity contribution in [1.29, 1.82) is 0 Å². The van der Waals surface area contributed by atoms with E-state index in [1.165, 1.54) is 18.5 Å². The van der Waals surface area contributed by atoms with E-state index in [0.29, 0.717) is 5.95 Å². The lowest BCUT2D eigenvalue weighted by molar-refractivity contribution is 0.223. The van der Waals surface area contributed by atoms with E-state index in [1.54, 1.807) is 19.2 Å². The van der Waals surface area contributed by atoms with Crippen molar-refractivity contribution in [2.45, 2.75) is 12.1 Å². The zero-order valence-electron chi connectivity index (χ0n) is 17.2. The molecule has 6 rings (SSSR count). The van der Waals surface area contributed by atoms with E-state index in [1.807, 2.05) is 53.2 Å². The SMILES string of the molecule is COc1ccc([C@@H]2Oc3ccccc3C3=C2[C@H](c2ccc(F)cc2)n2ncnc2N3)cc1. The summed E-state index contributed by atoms with van der Waals surface area (Å²) in [7, 11) is 1.64. The van der Waals surface area contributed by atoms with Gasteiger partial charge in [0.15, 0.2) is 0 Å². The number of aromatic nitrogens is 3. The number of ether oxygens (including phenoxy) is 2.